The van der Waals surface area contributed by atoms with Crippen LogP contribution in [0.2, 0.25) is 0 Å². The maximum Gasteiger partial charge on any atom is 0.227 e. The Bertz CT molecular complexity index is 739. The SMILES string of the molecule is OC1(c2ccccc2)CCN(c2ncc(F)c(N3CCOCC3)n2)C1. The van der Waals surface area contributed by atoms with Crippen LogP contribution in [0.15, 0.2) is 36.5 Å². The first-order valence-electron chi connectivity index (χ1n) is 8.54. The van der Waals surface area contributed by atoms with E-state index in [1.807, 2.05) is 40.1 Å². The van der Waals surface area contributed by atoms with Crippen molar-refractivity contribution in [1.29, 1.82) is 0 Å². The highest BCUT2D eigenvalue weighted by Gasteiger charge is 2.38. The zero-order valence-corrected chi connectivity index (χ0v) is 13.9. The number of anilines is 2. The highest BCUT2D eigenvalue weighted by molar-refractivity contribution is 5.46. The molecule has 0 amide bonds. The van der Waals surface area contributed by atoms with Crippen molar-refractivity contribution in [2.45, 2.75) is 12.0 Å². The van der Waals surface area contributed by atoms with Crippen LogP contribution in [0, 0.1) is 5.82 Å². The summed E-state index contributed by atoms with van der Waals surface area (Å²) in [4.78, 5) is 12.4. The number of rotatable bonds is 3. The first-order chi connectivity index (χ1) is 12.2. The Morgan fingerprint density at radius 3 is 2.60 bits per heavy atom. The van der Waals surface area contributed by atoms with Crippen LogP contribution in [0.4, 0.5) is 16.2 Å². The Kier molecular flexibility index (Phi) is 4.27. The number of aromatic nitrogens is 2. The molecular weight excluding hydrogens is 323 g/mol. The van der Waals surface area contributed by atoms with Gasteiger partial charge in [0.25, 0.3) is 0 Å². The molecule has 0 spiro atoms. The topological polar surface area (TPSA) is 61.7 Å². The fourth-order valence-electron chi connectivity index (χ4n) is 3.45. The van der Waals surface area contributed by atoms with Crippen LogP contribution in [0.3, 0.4) is 0 Å². The van der Waals surface area contributed by atoms with E-state index in [1.165, 1.54) is 6.20 Å². The number of morpholine rings is 1. The van der Waals surface area contributed by atoms with E-state index >= 15 is 0 Å². The number of hydrogen-bond acceptors (Lipinski definition) is 6. The van der Waals surface area contributed by atoms with E-state index in [-0.39, 0.29) is 0 Å². The van der Waals surface area contributed by atoms with Gasteiger partial charge < -0.3 is 19.6 Å². The normalized spacial score (nSPS) is 23.9. The van der Waals surface area contributed by atoms with Gasteiger partial charge in [0.05, 0.1) is 26.0 Å². The minimum absolute atomic E-state index is 0.309. The monoisotopic (exact) mass is 344 g/mol. The van der Waals surface area contributed by atoms with Gasteiger partial charge in [-0.2, -0.15) is 4.98 Å². The van der Waals surface area contributed by atoms with Crippen molar-refractivity contribution in [3.63, 3.8) is 0 Å². The molecule has 1 atom stereocenters. The van der Waals surface area contributed by atoms with Gasteiger partial charge >= 0.3 is 0 Å². The maximum absolute atomic E-state index is 14.2. The van der Waals surface area contributed by atoms with Crippen LogP contribution in [-0.4, -0.2) is 54.5 Å². The van der Waals surface area contributed by atoms with Crippen molar-refractivity contribution < 1.29 is 14.2 Å². The molecule has 0 aliphatic carbocycles. The van der Waals surface area contributed by atoms with Crippen LogP contribution >= 0.6 is 0 Å². The minimum atomic E-state index is -0.932. The lowest BCUT2D eigenvalue weighted by molar-refractivity contribution is 0.0606. The smallest absolute Gasteiger partial charge is 0.227 e. The highest BCUT2D eigenvalue weighted by Crippen LogP contribution is 2.34. The number of hydrogen-bond donors (Lipinski definition) is 1. The van der Waals surface area contributed by atoms with E-state index in [1.54, 1.807) is 0 Å². The summed E-state index contributed by atoms with van der Waals surface area (Å²) < 4.78 is 19.5. The van der Waals surface area contributed by atoms with Crippen molar-refractivity contribution in [3.05, 3.63) is 47.9 Å². The molecule has 6 nitrogen and oxygen atoms in total. The fourth-order valence-corrected chi connectivity index (χ4v) is 3.45. The van der Waals surface area contributed by atoms with Gasteiger partial charge in [-0.3, -0.25) is 0 Å². The van der Waals surface area contributed by atoms with Crippen molar-refractivity contribution in [2.75, 3.05) is 49.2 Å². The molecule has 2 aromatic rings. The van der Waals surface area contributed by atoms with E-state index in [4.69, 9.17) is 4.74 Å². The molecule has 1 aromatic heterocycles. The zero-order chi connectivity index (χ0) is 17.3. The Labute approximate surface area is 145 Å². The van der Waals surface area contributed by atoms with Gasteiger partial charge in [0.2, 0.25) is 5.95 Å². The van der Waals surface area contributed by atoms with E-state index in [0.717, 1.165) is 5.56 Å². The Balaban J connectivity index is 1.56. The summed E-state index contributed by atoms with van der Waals surface area (Å²) >= 11 is 0. The average molecular weight is 344 g/mol. The van der Waals surface area contributed by atoms with Crippen LogP contribution in [0.25, 0.3) is 0 Å². The van der Waals surface area contributed by atoms with Crippen LogP contribution in [0.1, 0.15) is 12.0 Å². The molecule has 2 fully saturated rings. The summed E-state index contributed by atoms with van der Waals surface area (Å²) in [5.74, 6) is 0.335. The van der Waals surface area contributed by atoms with E-state index in [2.05, 4.69) is 9.97 Å². The summed E-state index contributed by atoms with van der Waals surface area (Å²) in [6.07, 6.45) is 1.80. The summed E-state index contributed by atoms with van der Waals surface area (Å²) in [5.41, 5.74) is -0.0500. The van der Waals surface area contributed by atoms with Gasteiger partial charge in [-0.15, -0.1) is 0 Å². The van der Waals surface area contributed by atoms with Gasteiger partial charge in [-0.25, -0.2) is 9.37 Å². The molecule has 0 saturated carbocycles. The van der Waals surface area contributed by atoms with Gasteiger partial charge in [-0.05, 0) is 12.0 Å². The van der Waals surface area contributed by atoms with Crippen LogP contribution in [-0.2, 0) is 10.3 Å². The lowest BCUT2D eigenvalue weighted by atomic mass is 9.93. The molecule has 0 bridgehead atoms. The first kappa shape index (κ1) is 16.2. The fraction of sp³-hybridized carbons (Fsp3) is 0.444. The Morgan fingerprint density at radius 1 is 1.08 bits per heavy atom. The van der Waals surface area contributed by atoms with Crippen molar-refractivity contribution in [2.24, 2.45) is 0 Å². The molecule has 2 aliphatic heterocycles. The van der Waals surface area contributed by atoms with Gasteiger partial charge in [0, 0.05) is 19.6 Å². The number of aliphatic hydroxyl groups is 1. The number of halogens is 1. The molecule has 2 saturated heterocycles. The molecule has 25 heavy (non-hydrogen) atoms. The molecule has 1 unspecified atom stereocenters. The summed E-state index contributed by atoms with van der Waals surface area (Å²) in [7, 11) is 0. The highest BCUT2D eigenvalue weighted by atomic mass is 19.1. The van der Waals surface area contributed by atoms with Gasteiger partial charge in [0.15, 0.2) is 11.6 Å². The predicted octanol–water partition coefficient (Wildman–Crippen LogP) is 1.55. The minimum Gasteiger partial charge on any atom is -0.383 e. The van der Waals surface area contributed by atoms with Gasteiger partial charge in [0.1, 0.15) is 5.60 Å². The lowest BCUT2D eigenvalue weighted by Crippen LogP contribution is -2.38. The largest absolute Gasteiger partial charge is 0.383 e. The van der Waals surface area contributed by atoms with E-state index in [0.29, 0.717) is 57.6 Å². The van der Waals surface area contributed by atoms with Crippen molar-refractivity contribution in [1.82, 2.24) is 9.97 Å². The third kappa shape index (κ3) is 3.17. The summed E-state index contributed by atoms with van der Waals surface area (Å²) in [5, 5.41) is 11.0. The summed E-state index contributed by atoms with van der Waals surface area (Å²) in [6, 6.07) is 9.61. The molecule has 4 rings (SSSR count). The Morgan fingerprint density at radius 2 is 1.84 bits per heavy atom. The number of ether oxygens (including phenoxy) is 1. The second-order valence-corrected chi connectivity index (χ2v) is 6.51. The van der Waals surface area contributed by atoms with Crippen molar-refractivity contribution >= 4 is 11.8 Å². The van der Waals surface area contributed by atoms with E-state index in [9.17, 15) is 9.50 Å². The molecule has 1 aromatic carbocycles. The molecule has 0 radical (unpaired) electrons. The molecule has 1 N–H and O–H groups in total. The molecule has 3 heterocycles. The zero-order valence-electron chi connectivity index (χ0n) is 13.9. The first-order valence-corrected chi connectivity index (χ1v) is 8.54. The quantitative estimate of drug-likeness (QED) is 0.912. The maximum atomic E-state index is 14.2. The third-order valence-electron chi connectivity index (χ3n) is 4.87. The van der Waals surface area contributed by atoms with Crippen molar-refractivity contribution in [3.8, 4) is 0 Å². The van der Waals surface area contributed by atoms with Gasteiger partial charge in [-0.1, -0.05) is 30.3 Å². The lowest BCUT2D eigenvalue weighted by Gasteiger charge is -2.29. The molecular formula is C18H21FN4O2. The van der Waals surface area contributed by atoms with Crippen LogP contribution < -0.4 is 9.80 Å². The molecule has 132 valence electrons. The molecule has 2 aliphatic rings. The second kappa shape index (κ2) is 6.57. The predicted molar refractivity (Wildman–Crippen MR) is 92.2 cm³/mol. The summed E-state index contributed by atoms with van der Waals surface area (Å²) in [6.45, 7) is 3.37. The van der Waals surface area contributed by atoms with E-state index < -0.39 is 11.4 Å². The number of benzene rings is 1. The van der Waals surface area contributed by atoms with Crippen LogP contribution in [0.5, 0.6) is 0 Å². The Hall–Kier alpha value is -2.25. The molecule has 7 heteroatoms. The standard InChI is InChI=1S/C18H21FN4O2/c19-15-12-20-17(21-16(15)22-8-10-25-11-9-22)23-7-6-18(24,13-23)14-4-2-1-3-5-14/h1-5,12,24H,6-11,13H2. The number of β-amino-alcohol motifs (C(OH)–C–C–N with tert-alkyl or cyclic N) is 1. The second-order valence-electron chi connectivity index (χ2n) is 6.51. The average Bonchev–Trinajstić information content (AvgIpc) is 3.07. The third-order valence-corrected chi connectivity index (χ3v) is 4.87. The number of nitrogens with zero attached hydrogens (tertiary/aromatic N) is 4.